The summed E-state index contributed by atoms with van der Waals surface area (Å²) in [6, 6.07) is 7.59. The average Bonchev–Trinajstić information content (AvgIpc) is 2.80. The molecule has 1 heterocycles. The Hall–Kier alpha value is -2.23. The molecule has 4 heteroatoms. The summed E-state index contributed by atoms with van der Waals surface area (Å²) in [4.78, 5) is 14.2. The predicted octanol–water partition coefficient (Wildman–Crippen LogP) is 3.26. The number of hydrogen-bond donors (Lipinski definition) is 2. The molecule has 0 radical (unpaired) electrons. The standard InChI is InChI=1S/C15H17NO3/c1-4-10-5-6-14(19-3)12(7-10)13-8-11(15(17)18)9(2)16-13/h5-8,16H,4H2,1-3H3,(H,17,18). The van der Waals surface area contributed by atoms with Gasteiger partial charge in [0, 0.05) is 11.3 Å². The van der Waals surface area contributed by atoms with E-state index >= 15 is 0 Å². The molecule has 0 amide bonds. The molecule has 2 N–H and O–H groups in total. The van der Waals surface area contributed by atoms with Crippen LogP contribution < -0.4 is 4.74 Å². The van der Waals surface area contributed by atoms with Gasteiger partial charge in [0.05, 0.1) is 18.4 Å². The van der Waals surface area contributed by atoms with Gasteiger partial charge in [-0.2, -0.15) is 0 Å². The van der Waals surface area contributed by atoms with Crippen LogP contribution in [-0.4, -0.2) is 23.2 Å². The zero-order valence-corrected chi connectivity index (χ0v) is 11.3. The molecule has 0 aliphatic carbocycles. The topological polar surface area (TPSA) is 62.3 Å². The third-order valence-corrected chi connectivity index (χ3v) is 3.21. The van der Waals surface area contributed by atoms with Crippen LogP contribution in [0.3, 0.4) is 0 Å². The molecule has 0 atom stereocenters. The van der Waals surface area contributed by atoms with Crippen LogP contribution in [0.4, 0.5) is 0 Å². The molecular weight excluding hydrogens is 242 g/mol. The normalized spacial score (nSPS) is 10.5. The molecular formula is C15H17NO3. The zero-order chi connectivity index (χ0) is 14.0. The van der Waals surface area contributed by atoms with E-state index in [1.54, 1.807) is 20.1 Å². The summed E-state index contributed by atoms with van der Waals surface area (Å²) in [6.07, 6.45) is 0.919. The lowest BCUT2D eigenvalue weighted by atomic mass is 10.0. The first-order valence-electron chi connectivity index (χ1n) is 6.17. The number of nitrogens with one attached hydrogen (secondary N) is 1. The minimum Gasteiger partial charge on any atom is -0.496 e. The SMILES string of the molecule is CCc1ccc(OC)c(-c2cc(C(=O)O)c(C)[nH]2)c1. The summed E-state index contributed by atoms with van der Waals surface area (Å²) < 4.78 is 5.34. The number of aromatic amines is 1. The number of methoxy groups -OCH3 is 1. The third-order valence-electron chi connectivity index (χ3n) is 3.21. The van der Waals surface area contributed by atoms with Crippen LogP contribution in [-0.2, 0) is 6.42 Å². The Kier molecular flexibility index (Phi) is 3.60. The van der Waals surface area contributed by atoms with Gasteiger partial charge in [-0.3, -0.25) is 0 Å². The Bertz CT molecular complexity index is 614. The number of carbonyl (C=O) groups is 1. The van der Waals surface area contributed by atoms with Crippen LogP contribution in [0.15, 0.2) is 24.3 Å². The molecule has 0 unspecified atom stereocenters. The van der Waals surface area contributed by atoms with Crippen molar-refractivity contribution in [3.05, 3.63) is 41.1 Å². The number of carboxylic acid groups (broad SMARTS) is 1. The Balaban J connectivity index is 2.57. The highest BCUT2D eigenvalue weighted by molar-refractivity contribution is 5.91. The van der Waals surface area contributed by atoms with Crippen LogP contribution in [0.1, 0.15) is 28.5 Å². The molecule has 0 saturated heterocycles. The van der Waals surface area contributed by atoms with Gasteiger partial charge in [-0.1, -0.05) is 13.0 Å². The number of aromatic carboxylic acids is 1. The summed E-state index contributed by atoms with van der Waals surface area (Å²) in [6.45, 7) is 3.83. The first-order chi connectivity index (χ1) is 9.06. The van der Waals surface area contributed by atoms with Gasteiger partial charge >= 0.3 is 5.97 Å². The Morgan fingerprint density at radius 2 is 2.11 bits per heavy atom. The van der Waals surface area contributed by atoms with Gasteiger partial charge in [0.15, 0.2) is 0 Å². The van der Waals surface area contributed by atoms with E-state index in [1.165, 1.54) is 5.56 Å². The minimum absolute atomic E-state index is 0.291. The van der Waals surface area contributed by atoms with Crippen molar-refractivity contribution in [2.75, 3.05) is 7.11 Å². The molecule has 1 aromatic heterocycles. The van der Waals surface area contributed by atoms with Gasteiger partial charge in [0.2, 0.25) is 0 Å². The molecule has 2 aromatic rings. The average molecular weight is 259 g/mol. The third kappa shape index (κ3) is 2.47. The van der Waals surface area contributed by atoms with E-state index in [1.807, 2.05) is 18.2 Å². The monoisotopic (exact) mass is 259 g/mol. The van der Waals surface area contributed by atoms with Gasteiger partial charge in [0.25, 0.3) is 0 Å². The van der Waals surface area contributed by atoms with E-state index in [-0.39, 0.29) is 0 Å². The molecule has 0 spiro atoms. The molecule has 2 rings (SSSR count). The fourth-order valence-corrected chi connectivity index (χ4v) is 2.11. The molecule has 0 saturated carbocycles. The number of H-pyrrole nitrogens is 1. The van der Waals surface area contributed by atoms with Crippen LogP contribution in [0.5, 0.6) is 5.75 Å². The van der Waals surface area contributed by atoms with Crippen molar-refractivity contribution in [1.82, 2.24) is 4.98 Å². The Morgan fingerprint density at radius 3 is 2.63 bits per heavy atom. The highest BCUT2D eigenvalue weighted by Crippen LogP contribution is 2.31. The van der Waals surface area contributed by atoms with Crippen LogP contribution in [0.25, 0.3) is 11.3 Å². The quantitative estimate of drug-likeness (QED) is 0.885. The van der Waals surface area contributed by atoms with Crippen molar-refractivity contribution < 1.29 is 14.6 Å². The zero-order valence-electron chi connectivity index (χ0n) is 11.3. The highest BCUT2D eigenvalue weighted by Gasteiger charge is 2.15. The summed E-state index contributed by atoms with van der Waals surface area (Å²) in [5.41, 5.74) is 3.77. The first-order valence-corrected chi connectivity index (χ1v) is 6.17. The fraction of sp³-hybridized carbons (Fsp3) is 0.267. The van der Waals surface area contributed by atoms with E-state index in [4.69, 9.17) is 9.84 Å². The second-order valence-corrected chi connectivity index (χ2v) is 4.42. The number of aromatic nitrogens is 1. The van der Waals surface area contributed by atoms with Gasteiger partial charge in [-0.15, -0.1) is 0 Å². The Labute approximate surface area is 112 Å². The molecule has 0 bridgehead atoms. The molecule has 19 heavy (non-hydrogen) atoms. The van der Waals surface area contributed by atoms with Gasteiger partial charge < -0.3 is 14.8 Å². The van der Waals surface area contributed by atoms with Crippen molar-refractivity contribution in [3.8, 4) is 17.0 Å². The first kappa shape index (κ1) is 13.2. The van der Waals surface area contributed by atoms with Gasteiger partial charge in [-0.25, -0.2) is 4.79 Å². The largest absolute Gasteiger partial charge is 0.496 e. The van der Waals surface area contributed by atoms with Gasteiger partial charge in [0.1, 0.15) is 5.75 Å². The molecule has 0 fully saturated rings. The summed E-state index contributed by atoms with van der Waals surface area (Å²) in [5.74, 6) is -0.194. The highest BCUT2D eigenvalue weighted by atomic mass is 16.5. The molecule has 0 aliphatic heterocycles. The lowest BCUT2D eigenvalue weighted by Crippen LogP contribution is -1.95. The van der Waals surface area contributed by atoms with E-state index in [0.29, 0.717) is 11.3 Å². The smallest absolute Gasteiger partial charge is 0.337 e. The van der Waals surface area contributed by atoms with E-state index < -0.39 is 5.97 Å². The maximum Gasteiger partial charge on any atom is 0.337 e. The molecule has 100 valence electrons. The van der Waals surface area contributed by atoms with E-state index in [0.717, 1.165) is 23.4 Å². The number of carboxylic acids is 1. The van der Waals surface area contributed by atoms with Crippen molar-refractivity contribution in [2.45, 2.75) is 20.3 Å². The summed E-state index contributed by atoms with van der Waals surface area (Å²) in [7, 11) is 1.61. The number of ether oxygens (including phenoxy) is 1. The van der Waals surface area contributed by atoms with E-state index in [9.17, 15) is 4.79 Å². The Morgan fingerprint density at radius 1 is 1.37 bits per heavy atom. The van der Waals surface area contributed by atoms with Crippen molar-refractivity contribution in [3.63, 3.8) is 0 Å². The van der Waals surface area contributed by atoms with Crippen LogP contribution >= 0.6 is 0 Å². The maximum absolute atomic E-state index is 11.1. The van der Waals surface area contributed by atoms with Crippen molar-refractivity contribution in [2.24, 2.45) is 0 Å². The lowest BCUT2D eigenvalue weighted by molar-refractivity contribution is 0.0696. The van der Waals surface area contributed by atoms with Crippen LogP contribution in [0, 0.1) is 6.92 Å². The van der Waals surface area contributed by atoms with Crippen molar-refractivity contribution >= 4 is 5.97 Å². The summed E-state index contributed by atoms with van der Waals surface area (Å²) >= 11 is 0. The van der Waals surface area contributed by atoms with Gasteiger partial charge in [-0.05, 0) is 37.1 Å². The predicted molar refractivity (Wildman–Crippen MR) is 73.9 cm³/mol. The van der Waals surface area contributed by atoms with Crippen molar-refractivity contribution in [1.29, 1.82) is 0 Å². The second-order valence-electron chi connectivity index (χ2n) is 4.42. The molecule has 4 nitrogen and oxygen atoms in total. The number of rotatable bonds is 4. The fourth-order valence-electron chi connectivity index (χ4n) is 2.11. The van der Waals surface area contributed by atoms with Crippen LogP contribution in [0.2, 0.25) is 0 Å². The molecule has 1 aromatic carbocycles. The minimum atomic E-state index is -0.925. The summed E-state index contributed by atoms with van der Waals surface area (Å²) in [5, 5.41) is 9.10. The van der Waals surface area contributed by atoms with E-state index in [2.05, 4.69) is 11.9 Å². The number of hydrogen-bond acceptors (Lipinski definition) is 2. The number of aryl methyl sites for hydroxylation is 2. The second kappa shape index (κ2) is 5.18. The maximum atomic E-state index is 11.1. The molecule has 0 aliphatic rings. The lowest BCUT2D eigenvalue weighted by Gasteiger charge is -2.08. The number of benzene rings is 1.